The molecule has 4 rings (SSSR count). The zero-order valence-electron chi connectivity index (χ0n) is 19.3. The summed E-state index contributed by atoms with van der Waals surface area (Å²) < 4.78 is 11.2. The van der Waals surface area contributed by atoms with Gasteiger partial charge in [-0.2, -0.15) is 0 Å². The maximum atomic E-state index is 13.2. The number of carbonyl (C=O) groups excluding carboxylic acids is 2. The van der Waals surface area contributed by atoms with Gasteiger partial charge in [-0.3, -0.25) is 9.59 Å². The molecule has 1 saturated heterocycles. The van der Waals surface area contributed by atoms with Crippen molar-refractivity contribution < 1.29 is 24.2 Å². The van der Waals surface area contributed by atoms with Crippen LogP contribution in [0.3, 0.4) is 0 Å². The number of hydrogen-bond donors (Lipinski definition) is 1. The number of ketones is 1. The Hall–Kier alpha value is -3.32. The largest absolute Gasteiger partial charge is 0.507 e. The van der Waals surface area contributed by atoms with Crippen molar-refractivity contribution in [2.45, 2.75) is 26.8 Å². The van der Waals surface area contributed by atoms with Crippen LogP contribution in [0.2, 0.25) is 0 Å². The first-order valence-corrected chi connectivity index (χ1v) is 11.4. The number of rotatable bonds is 7. The Morgan fingerprint density at radius 1 is 1.06 bits per heavy atom. The average molecular weight is 451 g/mol. The Morgan fingerprint density at radius 2 is 1.76 bits per heavy atom. The number of hydrogen-bond acceptors (Lipinski definition) is 6. The third kappa shape index (κ3) is 4.33. The average Bonchev–Trinajstić information content (AvgIpc) is 3.09. The SMILES string of the molecule is CCN(CC)CCN1C(=O)C(=O)/C(=C(/O)c2ccc3c(c2)OCCO3)C1c1ccccc1C. The number of aliphatic hydroxyl groups excluding tert-OH is 1. The van der Waals surface area contributed by atoms with Crippen molar-refractivity contribution in [3.63, 3.8) is 0 Å². The van der Waals surface area contributed by atoms with Gasteiger partial charge < -0.3 is 24.4 Å². The van der Waals surface area contributed by atoms with E-state index in [2.05, 4.69) is 18.7 Å². The minimum atomic E-state index is -0.671. The Bertz CT molecular complexity index is 1090. The molecular formula is C26H30N2O5. The third-order valence-corrected chi connectivity index (χ3v) is 6.39. The first kappa shape index (κ1) is 22.9. The van der Waals surface area contributed by atoms with Crippen LogP contribution in [-0.2, 0) is 9.59 Å². The molecule has 0 bridgehead atoms. The van der Waals surface area contributed by atoms with Crippen LogP contribution >= 0.6 is 0 Å². The van der Waals surface area contributed by atoms with Crippen LogP contribution in [0.5, 0.6) is 11.5 Å². The van der Waals surface area contributed by atoms with Crippen LogP contribution in [0.25, 0.3) is 5.76 Å². The lowest BCUT2D eigenvalue weighted by Crippen LogP contribution is -2.38. The van der Waals surface area contributed by atoms with E-state index in [4.69, 9.17) is 9.47 Å². The number of carbonyl (C=O) groups is 2. The number of Topliss-reactive ketones (excluding diaryl/α,β-unsaturated/α-hetero) is 1. The van der Waals surface area contributed by atoms with E-state index in [-0.39, 0.29) is 11.3 Å². The number of amides is 1. The molecule has 0 saturated carbocycles. The van der Waals surface area contributed by atoms with Crippen molar-refractivity contribution in [1.82, 2.24) is 9.80 Å². The minimum Gasteiger partial charge on any atom is -0.507 e. The third-order valence-electron chi connectivity index (χ3n) is 6.39. The van der Waals surface area contributed by atoms with Gasteiger partial charge in [-0.25, -0.2) is 0 Å². The molecule has 0 aromatic heterocycles. The summed E-state index contributed by atoms with van der Waals surface area (Å²) in [4.78, 5) is 30.1. The van der Waals surface area contributed by atoms with Crippen molar-refractivity contribution in [3.05, 3.63) is 64.7 Å². The highest BCUT2D eigenvalue weighted by Gasteiger charge is 2.46. The number of likely N-dealkylation sites (N-methyl/N-ethyl adjacent to an activating group) is 1. The first-order valence-electron chi connectivity index (χ1n) is 11.4. The second-order valence-corrected chi connectivity index (χ2v) is 8.23. The van der Waals surface area contributed by atoms with E-state index in [9.17, 15) is 14.7 Å². The Balaban J connectivity index is 1.80. The molecule has 7 heteroatoms. The van der Waals surface area contributed by atoms with Crippen molar-refractivity contribution >= 4 is 17.4 Å². The van der Waals surface area contributed by atoms with Gasteiger partial charge in [0.2, 0.25) is 0 Å². The molecule has 0 aliphatic carbocycles. The summed E-state index contributed by atoms with van der Waals surface area (Å²) in [5.41, 5.74) is 2.30. The molecule has 2 aromatic rings. The molecule has 174 valence electrons. The summed E-state index contributed by atoms with van der Waals surface area (Å²) in [6.07, 6.45) is 0. The van der Waals surface area contributed by atoms with Crippen molar-refractivity contribution in [3.8, 4) is 11.5 Å². The quantitative estimate of drug-likeness (QED) is 0.395. The van der Waals surface area contributed by atoms with Gasteiger partial charge in [0.15, 0.2) is 11.5 Å². The summed E-state index contributed by atoms with van der Waals surface area (Å²) in [7, 11) is 0. The summed E-state index contributed by atoms with van der Waals surface area (Å²) in [6.45, 7) is 9.70. The number of fused-ring (bicyclic) bond motifs is 1. The van der Waals surface area contributed by atoms with Crippen LogP contribution < -0.4 is 9.47 Å². The van der Waals surface area contributed by atoms with E-state index in [1.54, 1.807) is 23.1 Å². The normalized spacial score (nSPS) is 19.4. The number of benzene rings is 2. The number of ether oxygens (including phenoxy) is 2. The molecule has 1 N–H and O–H groups in total. The second kappa shape index (κ2) is 9.67. The predicted octanol–water partition coefficient (Wildman–Crippen LogP) is 3.53. The molecule has 0 radical (unpaired) electrons. The van der Waals surface area contributed by atoms with E-state index in [1.807, 2.05) is 31.2 Å². The lowest BCUT2D eigenvalue weighted by molar-refractivity contribution is -0.140. The zero-order chi connectivity index (χ0) is 23.5. The predicted molar refractivity (Wildman–Crippen MR) is 125 cm³/mol. The standard InChI is InChI=1S/C26H30N2O5/c1-4-27(5-2)12-13-28-23(19-9-7-6-8-17(19)3)22(25(30)26(28)31)24(29)18-10-11-20-21(16-18)33-15-14-32-20/h6-11,16,23,29H,4-5,12-15H2,1-3H3/b24-22+. The second-order valence-electron chi connectivity index (χ2n) is 8.23. The van der Waals surface area contributed by atoms with Crippen LogP contribution in [0.15, 0.2) is 48.0 Å². The van der Waals surface area contributed by atoms with Crippen molar-refractivity contribution in [2.75, 3.05) is 39.4 Å². The highest BCUT2D eigenvalue weighted by atomic mass is 16.6. The Morgan fingerprint density at radius 3 is 2.45 bits per heavy atom. The van der Waals surface area contributed by atoms with Gasteiger partial charge in [-0.15, -0.1) is 0 Å². The number of likely N-dealkylation sites (tertiary alicyclic amines) is 1. The van der Waals surface area contributed by atoms with E-state index in [0.717, 1.165) is 24.2 Å². The van der Waals surface area contributed by atoms with Crippen molar-refractivity contribution in [1.29, 1.82) is 0 Å². The highest BCUT2D eigenvalue weighted by Crippen LogP contribution is 2.41. The molecule has 7 nitrogen and oxygen atoms in total. The van der Waals surface area contributed by atoms with E-state index >= 15 is 0 Å². The Labute approximate surface area is 194 Å². The fourth-order valence-electron chi connectivity index (χ4n) is 4.46. The van der Waals surface area contributed by atoms with Gasteiger partial charge in [-0.1, -0.05) is 38.1 Å². The molecule has 33 heavy (non-hydrogen) atoms. The topological polar surface area (TPSA) is 79.3 Å². The maximum Gasteiger partial charge on any atom is 0.295 e. The molecule has 2 aliphatic rings. The fourth-order valence-corrected chi connectivity index (χ4v) is 4.46. The lowest BCUT2D eigenvalue weighted by Gasteiger charge is -2.29. The number of aliphatic hydroxyl groups is 1. The van der Waals surface area contributed by atoms with Crippen LogP contribution in [-0.4, -0.2) is 66.0 Å². The minimum absolute atomic E-state index is 0.102. The Kier molecular flexibility index (Phi) is 6.70. The molecule has 2 aliphatic heterocycles. The molecule has 2 aromatic carbocycles. The van der Waals surface area contributed by atoms with E-state index in [0.29, 0.717) is 43.4 Å². The monoisotopic (exact) mass is 450 g/mol. The van der Waals surface area contributed by atoms with E-state index < -0.39 is 17.7 Å². The van der Waals surface area contributed by atoms with Gasteiger partial charge in [0.1, 0.15) is 19.0 Å². The molecule has 1 amide bonds. The summed E-state index contributed by atoms with van der Waals surface area (Å²) >= 11 is 0. The van der Waals surface area contributed by atoms with Crippen LogP contribution in [0.1, 0.15) is 36.6 Å². The maximum absolute atomic E-state index is 13.2. The van der Waals surface area contributed by atoms with Gasteiger partial charge in [0.05, 0.1) is 11.6 Å². The van der Waals surface area contributed by atoms with Crippen LogP contribution in [0, 0.1) is 6.92 Å². The number of nitrogens with zero attached hydrogens (tertiary/aromatic N) is 2. The van der Waals surface area contributed by atoms with Gasteiger partial charge in [-0.05, 0) is 49.3 Å². The smallest absolute Gasteiger partial charge is 0.295 e. The molecular weight excluding hydrogens is 420 g/mol. The van der Waals surface area contributed by atoms with Gasteiger partial charge in [0, 0.05) is 18.7 Å². The first-order chi connectivity index (χ1) is 16.0. The van der Waals surface area contributed by atoms with Gasteiger partial charge in [0.25, 0.3) is 11.7 Å². The molecule has 0 spiro atoms. The summed E-state index contributed by atoms with van der Waals surface area (Å²) in [5, 5.41) is 11.3. The molecule has 2 heterocycles. The highest BCUT2D eigenvalue weighted by molar-refractivity contribution is 6.46. The van der Waals surface area contributed by atoms with Crippen LogP contribution in [0.4, 0.5) is 0 Å². The van der Waals surface area contributed by atoms with Gasteiger partial charge >= 0.3 is 0 Å². The van der Waals surface area contributed by atoms with E-state index in [1.165, 1.54) is 0 Å². The lowest BCUT2D eigenvalue weighted by atomic mass is 9.92. The fraction of sp³-hybridized carbons (Fsp3) is 0.385. The molecule has 1 atom stereocenters. The molecule has 1 fully saturated rings. The molecule has 1 unspecified atom stereocenters. The van der Waals surface area contributed by atoms with Crippen molar-refractivity contribution in [2.24, 2.45) is 0 Å². The zero-order valence-corrected chi connectivity index (χ0v) is 19.3. The summed E-state index contributed by atoms with van der Waals surface area (Å²) in [5.74, 6) is -0.366. The summed E-state index contributed by atoms with van der Waals surface area (Å²) in [6, 6.07) is 12.1. The number of aryl methyl sites for hydroxylation is 1.